The predicted octanol–water partition coefficient (Wildman–Crippen LogP) is 4.10. The third-order valence-corrected chi connectivity index (χ3v) is 7.73. The van der Waals surface area contributed by atoms with Crippen molar-refractivity contribution in [2.75, 3.05) is 11.5 Å². The van der Waals surface area contributed by atoms with Crippen molar-refractivity contribution in [3.05, 3.63) is 22.8 Å². The molecule has 0 spiro atoms. The third kappa shape index (κ3) is 6.29. The first-order chi connectivity index (χ1) is 12.4. The van der Waals surface area contributed by atoms with Crippen LogP contribution in [-0.4, -0.2) is 38.6 Å². The summed E-state index contributed by atoms with van der Waals surface area (Å²) < 4.78 is 13.3. The minimum atomic E-state index is -0.766. The first-order valence-corrected chi connectivity index (χ1v) is 12.7. The van der Waals surface area contributed by atoms with Gasteiger partial charge in [0.15, 0.2) is 0 Å². The number of aromatic nitrogens is 2. The number of aliphatic imine (C=N–C) groups is 1. The zero-order chi connectivity index (χ0) is 19.1. The van der Waals surface area contributed by atoms with Gasteiger partial charge in [0.25, 0.3) is 0 Å². The maximum Gasteiger partial charge on any atom is 0.0791 e. The second-order valence-corrected chi connectivity index (χ2v) is 10.5. The van der Waals surface area contributed by atoms with Crippen LogP contribution in [0.1, 0.15) is 46.2 Å². The lowest BCUT2D eigenvalue weighted by Crippen LogP contribution is -2.09. The van der Waals surface area contributed by atoms with Crippen molar-refractivity contribution in [2.24, 2.45) is 30.8 Å². The number of thiol groups is 2. The third-order valence-electron chi connectivity index (χ3n) is 4.11. The number of nitrogens with two attached hydrogens (primary N) is 1. The van der Waals surface area contributed by atoms with Gasteiger partial charge in [0, 0.05) is 28.7 Å². The Morgan fingerprint density at radius 1 is 1.38 bits per heavy atom. The number of allylic oxidation sites excluding steroid dienone is 2. The molecule has 0 amide bonds. The molecule has 1 aliphatic heterocycles. The molecule has 2 N–H and O–H groups in total. The second-order valence-electron chi connectivity index (χ2n) is 6.77. The Kier molecular flexibility index (Phi) is 8.46. The SMILES string of the molecule is C/C=C(\N=C/[SH](N)CC(C)c1csnn1)C(C)C[SH]1N=CC(C(C)C)=N1. The average Bonchev–Trinajstić information content (AvgIpc) is 3.27. The van der Waals surface area contributed by atoms with Crippen molar-refractivity contribution in [1.82, 2.24) is 9.59 Å². The molecule has 0 aromatic carbocycles. The van der Waals surface area contributed by atoms with Crippen molar-refractivity contribution < 1.29 is 0 Å². The van der Waals surface area contributed by atoms with E-state index in [-0.39, 0.29) is 0 Å². The lowest BCUT2D eigenvalue weighted by Gasteiger charge is -2.18. The highest BCUT2D eigenvalue weighted by Gasteiger charge is 2.17. The summed E-state index contributed by atoms with van der Waals surface area (Å²) in [5, 5.41) is 12.4. The minimum Gasteiger partial charge on any atom is -0.292 e. The molecule has 1 aromatic rings. The van der Waals surface area contributed by atoms with E-state index in [1.54, 1.807) is 0 Å². The van der Waals surface area contributed by atoms with Gasteiger partial charge in [-0.25, -0.2) is 8.80 Å². The van der Waals surface area contributed by atoms with Crippen LogP contribution in [-0.2, 0) is 0 Å². The monoisotopic (exact) mass is 414 g/mol. The van der Waals surface area contributed by atoms with Crippen LogP contribution in [0, 0.1) is 11.8 Å². The Hall–Kier alpha value is -1.03. The smallest absolute Gasteiger partial charge is 0.0791 e. The summed E-state index contributed by atoms with van der Waals surface area (Å²) in [5.41, 5.74) is 5.12. The van der Waals surface area contributed by atoms with E-state index in [9.17, 15) is 0 Å². The topological polar surface area (TPSA) is 88.9 Å². The average molecular weight is 415 g/mol. The molecule has 0 saturated heterocycles. The molecular weight excluding hydrogens is 384 g/mol. The molecule has 1 aliphatic rings. The summed E-state index contributed by atoms with van der Waals surface area (Å²) in [6.07, 6.45) is 4.01. The summed E-state index contributed by atoms with van der Waals surface area (Å²) in [5.74, 6) is 2.87. The number of nitrogens with zero attached hydrogens (tertiary/aromatic N) is 5. The summed E-state index contributed by atoms with van der Waals surface area (Å²) in [7, 11) is 0. The first kappa shape index (κ1) is 21.3. The molecule has 1 aromatic heterocycles. The van der Waals surface area contributed by atoms with Gasteiger partial charge in [0.05, 0.1) is 23.2 Å². The molecule has 6 nitrogen and oxygen atoms in total. The molecule has 0 bridgehead atoms. The van der Waals surface area contributed by atoms with Gasteiger partial charge in [0.2, 0.25) is 0 Å². The van der Waals surface area contributed by atoms with E-state index in [0.717, 1.165) is 28.6 Å². The van der Waals surface area contributed by atoms with Crippen LogP contribution in [0.25, 0.3) is 0 Å². The lowest BCUT2D eigenvalue weighted by atomic mass is 10.1. The first-order valence-electron chi connectivity index (χ1n) is 8.79. The number of rotatable bonds is 9. The fourth-order valence-corrected chi connectivity index (χ4v) is 5.95. The van der Waals surface area contributed by atoms with E-state index in [2.05, 4.69) is 52.7 Å². The Bertz CT molecular complexity index is 681. The van der Waals surface area contributed by atoms with E-state index >= 15 is 0 Å². The maximum atomic E-state index is 6.30. The zero-order valence-electron chi connectivity index (χ0n) is 16.1. The van der Waals surface area contributed by atoms with Crippen LogP contribution in [0.4, 0.5) is 0 Å². The highest BCUT2D eigenvalue weighted by Crippen LogP contribution is 2.37. The molecule has 0 fully saturated rings. The van der Waals surface area contributed by atoms with Gasteiger partial charge in [-0.1, -0.05) is 49.5 Å². The molecule has 4 atom stereocenters. The van der Waals surface area contributed by atoms with Crippen LogP contribution in [0.3, 0.4) is 0 Å². The fraction of sp³-hybridized carbons (Fsp3) is 0.588. The Balaban J connectivity index is 1.87. The number of hydrogen-bond donors (Lipinski definition) is 3. The van der Waals surface area contributed by atoms with Crippen LogP contribution < -0.4 is 5.14 Å². The van der Waals surface area contributed by atoms with Crippen molar-refractivity contribution in [3.63, 3.8) is 0 Å². The standard InChI is InChI=1S/C17H30N6S3/c1-6-15(14(5)10-26-20-7-16(22-26)12(2)3)19-11-25(18)9-13(4)17-8-24-23-21-17/h6-8,11-14,25-26H,9-10,18H2,1-5H3/b15-6-,19-11-. The van der Waals surface area contributed by atoms with Crippen LogP contribution in [0.15, 0.2) is 30.9 Å². The van der Waals surface area contributed by atoms with Gasteiger partial charge in [-0.05, 0) is 30.1 Å². The highest BCUT2D eigenvalue weighted by atomic mass is 32.2. The van der Waals surface area contributed by atoms with Gasteiger partial charge in [0.1, 0.15) is 0 Å². The molecule has 2 rings (SSSR count). The minimum absolute atomic E-state index is 0.308. The van der Waals surface area contributed by atoms with Gasteiger partial charge < -0.3 is 0 Å². The fourth-order valence-electron chi connectivity index (χ4n) is 2.47. The zero-order valence-corrected chi connectivity index (χ0v) is 18.7. The Morgan fingerprint density at radius 2 is 2.15 bits per heavy atom. The molecular formula is C17H30N6S3. The van der Waals surface area contributed by atoms with Gasteiger partial charge in [-0.2, -0.15) is 11.1 Å². The van der Waals surface area contributed by atoms with Crippen LogP contribution in [0.5, 0.6) is 0 Å². The van der Waals surface area contributed by atoms with Crippen LogP contribution >= 0.6 is 33.9 Å². The van der Waals surface area contributed by atoms with E-state index < -0.39 is 22.3 Å². The molecule has 0 saturated carbocycles. The van der Waals surface area contributed by atoms with Crippen molar-refractivity contribution in [2.45, 2.75) is 40.5 Å². The Morgan fingerprint density at radius 3 is 2.73 bits per heavy atom. The van der Waals surface area contributed by atoms with E-state index in [1.165, 1.54) is 11.5 Å². The number of hydrogen-bond acceptors (Lipinski definition) is 7. The molecule has 2 heterocycles. The molecule has 0 aliphatic carbocycles. The van der Waals surface area contributed by atoms with Crippen molar-refractivity contribution in [3.8, 4) is 0 Å². The maximum absolute atomic E-state index is 6.30. The van der Waals surface area contributed by atoms with E-state index in [1.807, 2.05) is 24.1 Å². The van der Waals surface area contributed by atoms with Gasteiger partial charge in [-0.15, -0.1) is 5.10 Å². The normalized spacial score (nSPS) is 23.5. The predicted molar refractivity (Wildman–Crippen MR) is 122 cm³/mol. The molecule has 9 heteroatoms. The van der Waals surface area contributed by atoms with Crippen LogP contribution in [0.2, 0.25) is 0 Å². The van der Waals surface area contributed by atoms with Gasteiger partial charge >= 0.3 is 0 Å². The molecule has 0 radical (unpaired) electrons. The van der Waals surface area contributed by atoms with Crippen molar-refractivity contribution in [1.29, 1.82) is 0 Å². The summed E-state index contributed by atoms with van der Waals surface area (Å²) in [4.78, 5) is 4.69. The molecule has 26 heavy (non-hydrogen) atoms. The second kappa shape index (κ2) is 10.3. The largest absolute Gasteiger partial charge is 0.292 e. The Labute approximate surface area is 166 Å². The van der Waals surface area contributed by atoms with E-state index in [4.69, 9.17) is 9.54 Å². The summed E-state index contributed by atoms with van der Waals surface area (Å²) >= 11 is -0.0430. The van der Waals surface area contributed by atoms with Crippen molar-refractivity contribution >= 4 is 51.4 Å². The molecule has 4 unspecified atom stereocenters. The summed E-state index contributed by atoms with van der Waals surface area (Å²) in [6, 6.07) is 0. The lowest BCUT2D eigenvalue weighted by molar-refractivity contribution is 0.768. The van der Waals surface area contributed by atoms with Gasteiger partial charge in [-0.3, -0.25) is 10.1 Å². The molecule has 146 valence electrons. The quantitative estimate of drug-likeness (QED) is 0.323. The summed E-state index contributed by atoms with van der Waals surface area (Å²) in [6.45, 7) is 10.7. The highest BCUT2D eigenvalue weighted by molar-refractivity contribution is 8.26. The van der Waals surface area contributed by atoms with E-state index in [0.29, 0.717) is 17.8 Å².